The molecule has 0 aliphatic carbocycles. The average Bonchev–Trinajstić information content (AvgIpc) is 3.58. The highest BCUT2D eigenvalue weighted by Crippen LogP contribution is 2.44. The number of benzene rings is 1. The molecule has 3 aromatic rings. The number of hydrogen-bond acceptors (Lipinski definition) is 8. The summed E-state index contributed by atoms with van der Waals surface area (Å²) >= 11 is 0. The van der Waals surface area contributed by atoms with Crippen LogP contribution in [-0.4, -0.2) is 44.8 Å². The molecular formula is C25H29F3N6O5. The summed E-state index contributed by atoms with van der Waals surface area (Å²) < 4.78 is 50.0. The second-order valence-electron chi connectivity index (χ2n) is 9.39. The monoisotopic (exact) mass is 550 g/mol. The van der Waals surface area contributed by atoms with Crippen LogP contribution in [0.3, 0.4) is 0 Å². The molecule has 2 amide bonds. The number of hydrogen-bond donors (Lipinski definition) is 3. The number of halogens is 3. The van der Waals surface area contributed by atoms with Gasteiger partial charge in [-0.1, -0.05) is 34.1 Å². The number of carbonyl (C=O) groups is 3. The van der Waals surface area contributed by atoms with Crippen molar-refractivity contribution in [3.05, 3.63) is 48.0 Å². The van der Waals surface area contributed by atoms with Crippen molar-refractivity contribution >= 4 is 23.6 Å². The van der Waals surface area contributed by atoms with Gasteiger partial charge in [-0.3, -0.25) is 20.0 Å². The van der Waals surface area contributed by atoms with E-state index in [1.807, 2.05) is 6.92 Å². The van der Waals surface area contributed by atoms with E-state index in [9.17, 15) is 27.6 Å². The minimum Gasteiger partial charge on any atom is -0.450 e. The quantitative estimate of drug-likeness (QED) is 0.287. The first-order valence-electron chi connectivity index (χ1n) is 12.2. The van der Waals surface area contributed by atoms with E-state index in [1.165, 1.54) is 12.3 Å². The van der Waals surface area contributed by atoms with Crippen LogP contribution in [0.25, 0.3) is 11.5 Å². The van der Waals surface area contributed by atoms with Gasteiger partial charge < -0.3 is 14.5 Å². The van der Waals surface area contributed by atoms with Gasteiger partial charge in [0.15, 0.2) is 5.54 Å². The highest BCUT2D eigenvalue weighted by molar-refractivity contribution is 6.43. The summed E-state index contributed by atoms with van der Waals surface area (Å²) in [7, 11) is 0. The van der Waals surface area contributed by atoms with Gasteiger partial charge in [0, 0.05) is 17.0 Å². The van der Waals surface area contributed by atoms with Gasteiger partial charge >= 0.3 is 12.3 Å². The molecule has 0 saturated carbocycles. The standard InChI is InChI=1S/C25H29F3N6O5/c1-5-12-23(3,4)24(31-22(37)38-14-6-2,18(35)19(36)30-17-11-13-29-32-17)21-34-33-20(39-21)15-7-9-16(10-8-15)25(26,27)28/h7-11,13H,5-6,12,14H2,1-4H3,(H,31,37)(H2,29,30,32,36)/t24-/m0/s1. The molecule has 210 valence electrons. The molecule has 11 nitrogen and oxygen atoms in total. The number of anilines is 1. The number of nitrogens with zero attached hydrogens (tertiary/aromatic N) is 3. The van der Waals surface area contributed by atoms with Crippen LogP contribution in [0, 0.1) is 5.41 Å². The molecule has 1 atom stereocenters. The van der Waals surface area contributed by atoms with E-state index in [2.05, 4.69) is 31.0 Å². The highest BCUT2D eigenvalue weighted by atomic mass is 19.4. The topological polar surface area (TPSA) is 152 Å². The molecule has 0 radical (unpaired) electrons. The number of nitrogens with one attached hydrogen (secondary N) is 3. The zero-order valence-electron chi connectivity index (χ0n) is 21.8. The number of alkyl carbamates (subject to hydrolysis) is 1. The molecule has 0 unspecified atom stereocenters. The summed E-state index contributed by atoms with van der Waals surface area (Å²) in [5.74, 6) is -2.78. The molecule has 0 saturated heterocycles. The van der Waals surface area contributed by atoms with Crippen molar-refractivity contribution < 1.29 is 36.7 Å². The minimum absolute atomic E-state index is 0.0330. The van der Waals surface area contributed by atoms with Gasteiger partial charge in [-0.05, 0) is 37.1 Å². The Balaban J connectivity index is 2.14. The number of H-pyrrole nitrogens is 1. The van der Waals surface area contributed by atoms with E-state index >= 15 is 0 Å². The molecule has 0 aliphatic heterocycles. The second kappa shape index (κ2) is 11.7. The fraction of sp³-hybridized carbons (Fsp3) is 0.440. The molecule has 2 heterocycles. The Kier molecular flexibility index (Phi) is 8.77. The van der Waals surface area contributed by atoms with E-state index in [1.54, 1.807) is 20.8 Å². The minimum atomic E-state index is -4.55. The largest absolute Gasteiger partial charge is 0.450 e. The molecule has 0 aliphatic rings. The van der Waals surface area contributed by atoms with Crippen LogP contribution < -0.4 is 10.6 Å². The van der Waals surface area contributed by atoms with E-state index in [-0.39, 0.29) is 23.9 Å². The van der Waals surface area contributed by atoms with E-state index < -0.39 is 46.4 Å². The SMILES string of the molecule is CCCOC(=O)N[C@@](C(=O)C(=O)Nc1ccn[nH]1)(c1nnc(-c2ccc(C(F)(F)F)cc2)o1)C(C)(C)CCC. The van der Waals surface area contributed by atoms with Gasteiger partial charge in [0.05, 0.1) is 18.4 Å². The summed E-state index contributed by atoms with van der Waals surface area (Å²) in [5.41, 5.74) is -4.16. The Morgan fingerprint density at radius 3 is 2.28 bits per heavy atom. The second-order valence-corrected chi connectivity index (χ2v) is 9.39. The van der Waals surface area contributed by atoms with Crippen molar-refractivity contribution in [3.8, 4) is 11.5 Å². The number of amides is 2. The third-order valence-corrected chi connectivity index (χ3v) is 6.12. The van der Waals surface area contributed by atoms with Crippen molar-refractivity contribution in [1.29, 1.82) is 0 Å². The summed E-state index contributed by atoms with van der Waals surface area (Å²) in [5, 5.41) is 19.0. The fourth-order valence-electron chi connectivity index (χ4n) is 4.14. The van der Waals surface area contributed by atoms with Gasteiger partial charge in [0.1, 0.15) is 5.82 Å². The zero-order valence-corrected chi connectivity index (χ0v) is 21.8. The van der Waals surface area contributed by atoms with Gasteiger partial charge in [-0.25, -0.2) is 4.79 Å². The molecule has 39 heavy (non-hydrogen) atoms. The van der Waals surface area contributed by atoms with E-state index in [0.717, 1.165) is 24.3 Å². The maximum absolute atomic E-state index is 14.0. The third-order valence-electron chi connectivity index (χ3n) is 6.12. The number of carbonyl (C=O) groups excluding carboxylic acids is 3. The van der Waals surface area contributed by atoms with Crippen molar-refractivity contribution in [2.24, 2.45) is 5.41 Å². The smallest absolute Gasteiger partial charge is 0.416 e. The predicted octanol–water partition coefficient (Wildman–Crippen LogP) is 4.84. The molecule has 3 rings (SSSR count). The van der Waals surface area contributed by atoms with Crippen LogP contribution in [0.2, 0.25) is 0 Å². The lowest BCUT2D eigenvalue weighted by molar-refractivity contribution is -0.144. The van der Waals surface area contributed by atoms with Crippen LogP contribution in [-0.2, 0) is 26.0 Å². The first-order valence-corrected chi connectivity index (χ1v) is 12.2. The van der Waals surface area contributed by atoms with Gasteiger partial charge in [0.25, 0.3) is 17.6 Å². The Morgan fingerprint density at radius 1 is 1.03 bits per heavy atom. The Labute approximate surface area is 221 Å². The lowest BCUT2D eigenvalue weighted by Gasteiger charge is -2.42. The molecule has 0 fully saturated rings. The maximum Gasteiger partial charge on any atom is 0.416 e. The molecule has 1 aromatic carbocycles. The number of ether oxygens (including phenoxy) is 1. The highest BCUT2D eigenvalue weighted by Gasteiger charge is 2.59. The van der Waals surface area contributed by atoms with E-state index in [0.29, 0.717) is 19.3 Å². The van der Waals surface area contributed by atoms with Crippen LogP contribution >= 0.6 is 0 Å². The number of aromatic amines is 1. The van der Waals surface area contributed by atoms with Gasteiger partial charge in [-0.2, -0.15) is 18.3 Å². The first-order chi connectivity index (χ1) is 18.4. The number of aromatic nitrogens is 4. The maximum atomic E-state index is 14.0. The molecule has 3 N–H and O–H groups in total. The Bertz CT molecular complexity index is 1290. The zero-order chi connectivity index (χ0) is 28.8. The first kappa shape index (κ1) is 29.3. The Morgan fingerprint density at radius 2 is 1.72 bits per heavy atom. The molecule has 0 spiro atoms. The molecule has 0 bridgehead atoms. The number of ketones is 1. The van der Waals surface area contributed by atoms with Gasteiger partial charge in [0.2, 0.25) is 5.89 Å². The van der Waals surface area contributed by atoms with Crippen LogP contribution in [0.1, 0.15) is 58.4 Å². The van der Waals surface area contributed by atoms with Crippen molar-refractivity contribution in [1.82, 2.24) is 25.7 Å². The van der Waals surface area contributed by atoms with Crippen molar-refractivity contribution in [2.45, 2.75) is 58.7 Å². The lowest BCUT2D eigenvalue weighted by atomic mass is 9.66. The molecular weight excluding hydrogens is 521 g/mol. The summed E-state index contributed by atoms with van der Waals surface area (Å²) in [6.45, 7) is 6.93. The lowest BCUT2D eigenvalue weighted by Crippen LogP contribution is -2.63. The summed E-state index contributed by atoms with van der Waals surface area (Å²) in [4.78, 5) is 40.0. The number of alkyl halides is 3. The summed E-state index contributed by atoms with van der Waals surface area (Å²) in [6.07, 6.45) is -2.85. The average molecular weight is 551 g/mol. The fourth-order valence-corrected chi connectivity index (χ4v) is 4.14. The van der Waals surface area contributed by atoms with Crippen molar-refractivity contribution in [2.75, 3.05) is 11.9 Å². The van der Waals surface area contributed by atoms with Crippen LogP contribution in [0.5, 0.6) is 0 Å². The number of Topliss-reactive ketones (excluding diaryl/α,β-unsaturated/α-hetero) is 1. The summed E-state index contributed by atoms with van der Waals surface area (Å²) in [6, 6.07) is 5.37. The van der Waals surface area contributed by atoms with Gasteiger partial charge in [-0.15, -0.1) is 10.2 Å². The third kappa shape index (κ3) is 6.26. The molecule has 14 heteroatoms. The normalized spacial score (nSPS) is 13.4. The molecule has 2 aromatic heterocycles. The van der Waals surface area contributed by atoms with E-state index in [4.69, 9.17) is 9.15 Å². The van der Waals surface area contributed by atoms with Crippen LogP contribution in [0.4, 0.5) is 23.8 Å². The number of rotatable bonds is 11. The Hall–Kier alpha value is -4.23. The predicted molar refractivity (Wildman–Crippen MR) is 132 cm³/mol. The van der Waals surface area contributed by atoms with Crippen LogP contribution in [0.15, 0.2) is 40.9 Å². The van der Waals surface area contributed by atoms with Crippen molar-refractivity contribution in [3.63, 3.8) is 0 Å².